The van der Waals surface area contributed by atoms with Gasteiger partial charge in [0, 0.05) is 6.04 Å². The van der Waals surface area contributed by atoms with Gasteiger partial charge < -0.3 is 9.73 Å². The van der Waals surface area contributed by atoms with Crippen LogP contribution in [0.15, 0.2) is 16.5 Å². The minimum absolute atomic E-state index is 0.780. The molecule has 0 unspecified atom stereocenters. The van der Waals surface area contributed by atoms with Gasteiger partial charge in [-0.05, 0) is 50.9 Å². The summed E-state index contributed by atoms with van der Waals surface area (Å²) in [6, 6.07) is 5.01. The van der Waals surface area contributed by atoms with E-state index in [2.05, 4.69) is 36.2 Å². The van der Waals surface area contributed by atoms with E-state index in [-0.39, 0.29) is 0 Å². The fourth-order valence-corrected chi connectivity index (χ4v) is 2.23. The van der Waals surface area contributed by atoms with E-state index in [1.807, 2.05) is 7.05 Å². The third-order valence-corrected chi connectivity index (χ3v) is 3.48. The third kappa shape index (κ3) is 4.14. The summed E-state index contributed by atoms with van der Waals surface area (Å²) in [7, 11) is 1.95. The van der Waals surface area contributed by atoms with Crippen molar-refractivity contribution in [3.63, 3.8) is 0 Å². The monoisotopic (exact) mass is 250 g/mol. The first kappa shape index (κ1) is 13.6. The smallest absolute Gasteiger partial charge is 0.118 e. The van der Waals surface area contributed by atoms with Gasteiger partial charge in [0.05, 0.1) is 13.1 Å². The van der Waals surface area contributed by atoms with Crippen LogP contribution < -0.4 is 5.32 Å². The lowest BCUT2D eigenvalue weighted by Crippen LogP contribution is -2.27. The zero-order chi connectivity index (χ0) is 13.0. The van der Waals surface area contributed by atoms with Crippen LogP contribution in [0.5, 0.6) is 0 Å². The highest BCUT2D eigenvalue weighted by atomic mass is 16.3. The molecule has 1 aromatic heterocycles. The van der Waals surface area contributed by atoms with Crippen LogP contribution >= 0.6 is 0 Å². The molecule has 1 fully saturated rings. The van der Waals surface area contributed by atoms with Crippen LogP contribution in [-0.2, 0) is 13.1 Å². The van der Waals surface area contributed by atoms with Crippen LogP contribution in [0.1, 0.15) is 44.6 Å². The van der Waals surface area contributed by atoms with E-state index in [0.29, 0.717) is 0 Å². The predicted octanol–water partition coefficient (Wildman–Crippen LogP) is 3.01. The molecular weight excluding hydrogens is 224 g/mol. The summed E-state index contributed by atoms with van der Waals surface area (Å²) in [6.07, 6.45) is 4.00. The molecular formula is C15H26N2O. The molecule has 1 N–H and O–H groups in total. The Kier molecular flexibility index (Phi) is 4.84. The largest absolute Gasteiger partial charge is 0.463 e. The fraction of sp³-hybridized carbons (Fsp3) is 0.733. The van der Waals surface area contributed by atoms with Crippen molar-refractivity contribution in [3.8, 4) is 0 Å². The molecule has 0 saturated heterocycles. The second-order valence-electron chi connectivity index (χ2n) is 5.78. The molecule has 18 heavy (non-hydrogen) atoms. The summed E-state index contributed by atoms with van der Waals surface area (Å²) in [6.45, 7) is 7.58. The molecule has 1 aliphatic rings. The zero-order valence-electron chi connectivity index (χ0n) is 11.9. The summed E-state index contributed by atoms with van der Waals surface area (Å²) in [5.74, 6) is 2.92. The maximum absolute atomic E-state index is 5.84. The molecule has 0 aliphatic heterocycles. The van der Waals surface area contributed by atoms with Gasteiger partial charge in [0.15, 0.2) is 0 Å². The van der Waals surface area contributed by atoms with Gasteiger partial charge in [-0.1, -0.05) is 13.8 Å². The predicted molar refractivity (Wildman–Crippen MR) is 74.4 cm³/mol. The van der Waals surface area contributed by atoms with E-state index in [1.54, 1.807) is 0 Å². The first-order chi connectivity index (χ1) is 8.69. The number of furan rings is 1. The highest BCUT2D eigenvalue weighted by molar-refractivity contribution is 5.07. The molecule has 1 heterocycles. The quantitative estimate of drug-likeness (QED) is 0.769. The third-order valence-electron chi connectivity index (χ3n) is 3.48. The number of rotatable bonds is 8. The molecule has 1 saturated carbocycles. The summed E-state index contributed by atoms with van der Waals surface area (Å²) < 4.78 is 5.84. The Morgan fingerprint density at radius 1 is 1.33 bits per heavy atom. The van der Waals surface area contributed by atoms with Crippen LogP contribution in [0.3, 0.4) is 0 Å². The van der Waals surface area contributed by atoms with Crippen molar-refractivity contribution in [2.45, 2.75) is 52.2 Å². The Labute approximate surface area is 111 Å². The molecule has 2 rings (SSSR count). The Balaban J connectivity index is 1.86. The van der Waals surface area contributed by atoms with Gasteiger partial charge in [-0.3, -0.25) is 4.90 Å². The molecule has 1 aliphatic carbocycles. The van der Waals surface area contributed by atoms with Gasteiger partial charge in [-0.25, -0.2) is 0 Å². The minimum atomic E-state index is 0.780. The van der Waals surface area contributed by atoms with Gasteiger partial charge >= 0.3 is 0 Å². The molecule has 0 aromatic carbocycles. The van der Waals surface area contributed by atoms with Crippen LogP contribution in [-0.4, -0.2) is 24.5 Å². The maximum Gasteiger partial charge on any atom is 0.118 e. The van der Waals surface area contributed by atoms with E-state index in [0.717, 1.165) is 36.6 Å². The lowest BCUT2D eigenvalue weighted by atomic mass is 10.1. The van der Waals surface area contributed by atoms with Crippen molar-refractivity contribution in [1.29, 1.82) is 0 Å². The number of nitrogens with zero attached hydrogens (tertiary/aromatic N) is 1. The topological polar surface area (TPSA) is 28.4 Å². The highest BCUT2D eigenvalue weighted by Crippen LogP contribution is 2.29. The molecule has 3 nitrogen and oxygen atoms in total. The standard InChI is InChI=1S/C15H26N2O/c1-12(2)8-9-17(13-4-5-13)11-15-7-6-14(18-15)10-16-3/h6-7,12-13,16H,4-5,8-11H2,1-3H3. The lowest BCUT2D eigenvalue weighted by molar-refractivity contribution is 0.219. The summed E-state index contributed by atoms with van der Waals surface area (Å²) in [4.78, 5) is 2.59. The highest BCUT2D eigenvalue weighted by Gasteiger charge is 2.29. The summed E-state index contributed by atoms with van der Waals surface area (Å²) in [5, 5.41) is 3.12. The Morgan fingerprint density at radius 3 is 2.67 bits per heavy atom. The Hall–Kier alpha value is -0.800. The normalized spacial score (nSPS) is 15.8. The maximum atomic E-state index is 5.84. The number of nitrogens with one attached hydrogen (secondary N) is 1. The molecule has 0 amide bonds. The van der Waals surface area contributed by atoms with E-state index < -0.39 is 0 Å². The summed E-state index contributed by atoms with van der Waals surface area (Å²) in [5.41, 5.74) is 0. The average molecular weight is 250 g/mol. The van der Waals surface area contributed by atoms with Crippen LogP contribution in [0.2, 0.25) is 0 Å². The van der Waals surface area contributed by atoms with Crippen LogP contribution in [0, 0.1) is 5.92 Å². The molecule has 102 valence electrons. The molecule has 3 heteroatoms. The molecule has 1 aromatic rings. The fourth-order valence-electron chi connectivity index (χ4n) is 2.23. The van der Waals surface area contributed by atoms with Crippen molar-refractivity contribution in [2.75, 3.05) is 13.6 Å². The summed E-state index contributed by atoms with van der Waals surface area (Å²) >= 11 is 0. The molecule has 0 radical (unpaired) electrons. The lowest BCUT2D eigenvalue weighted by Gasteiger charge is -2.21. The SMILES string of the molecule is CNCc1ccc(CN(CCC(C)C)C2CC2)o1. The van der Waals surface area contributed by atoms with Gasteiger partial charge in [-0.15, -0.1) is 0 Å². The Bertz CT molecular complexity index is 355. The van der Waals surface area contributed by atoms with Crippen LogP contribution in [0.25, 0.3) is 0 Å². The second-order valence-corrected chi connectivity index (χ2v) is 5.78. The molecule has 0 atom stereocenters. The number of hydrogen-bond donors (Lipinski definition) is 1. The van der Waals surface area contributed by atoms with E-state index in [4.69, 9.17) is 4.42 Å². The van der Waals surface area contributed by atoms with Crippen molar-refractivity contribution < 1.29 is 4.42 Å². The Morgan fingerprint density at radius 2 is 2.06 bits per heavy atom. The van der Waals surface area contributed by atoms with Crippen molar-refractivity contribution in [1.82, 2.24) is 10.2 Å². The average Bonchev–Trinajstić information content (AvgIpc) is 3.07. The van der Waals surface area contributed by atoms with Crippen molar-refractivity contribution >= 4 is 0 Å². The van der Waals surface area contributed by atoms with Gasteiger partial charge in [0.1, 0.15) is 11.5 Å². The van der Waals surface area contributed by atoms with Gasteiger partial charge in [0.25, 0.3) is 0 Å². The minimum Gasteiger partial charge on any atom is -0.463 e. The van der Waals surface area contributed by atoms with Gasteiger partial charge in [-0.2, -0.15) is 0 Å². The molecule has 0 spiro atoms. The first-order valence-corrected chi connectivity index (χ1v) is 7.15. The van der Waals surface area contributed by atoms with Gasteiger partial charge in [0.2, 0.25) is 0 Å². The van der Waals surface area contributed by atoms with E-state index in [1.165, 1.54) is 25.8 Å². The zero-order valence-corrected chi connectivity index (χ0v) is 11.9. The first-order valence-electron chi connectivity index (χ1n) is 7.15. The van der Waals surface area contributed by atoms with Crippen LogP contribution in [0.4, 0.5) is 0 Å². The van der Waals surface area contributed by atoms with E-state index in [9.17, 15) is 0 Å². The molecule has 0 bridgehead atoms. The number of hydrogen-bond acceptors (Lipinski definition) is 3. The van der Waals surface area contributed by atoms with Crippen molar-refractivity contribution in [2.24, 2.45) is 5.92 Å². The van der Waals surface area contributed by atoms with Crippen molar-refractivity contribution in [3.05, 3.63) is 23.7 Å². The second kappa shape index (κ2) is 6.39. The van der Waals surface area contributed by atoms with E-state index >= 15 is 0 Å².